The third-order valence-electron chi connectivity index (χ3n) is 5.22. The number of pyridine rings is 1. The van der Waals surface area contributed by atoms with E-state index in [1.807, 2.05) is 50.3 Å². The Morgan fingerprint density at radius 3 is 2.55 bits per heavy atom. The van der Waals surface area contributed by atoms with Crippen LogP contribution in [0.3, 0.4) is 0 Å². The lowest BCUT2D eigenvalue weighted by Gasteiger charge is -2.22. The lowest BCUT2D eigenvalue weighted by molar-refractivity contribution is 0.392. The molecule has 0 saturated carbocycles. The van der Waals surface area contributed by atoms with E-state index in [1.165, 1.54) is 5.56 Å². The van der Waals surface area contributed by atoms with Gasteiger partial charge in [-0.05, 0) is 36.2 Å². The van der Waals surface area contributed by atoms with Gasteiger partial charge in [-0.1, -0.05) is 6.07 Å². The smallest absolute Gasteiger partial charge is 0.193 e. The van der Waals surface area contributed by atoms with Gasteiger partial charge in [-0.15, -0.1) is 0 Å². The molecule has 0 aliphatic carbocycles. The Labute approximate surface area is 173 Å². The van der Waals surface area contributed by atoms with E-state index in [4.69, 9.17) is 9.47 Å². The first-order valence-corrected chi connectivity index (χ1v) is 9.86. The molecule has 0 radical (unpaired) electrons. The molecule has 1 aliphatic heterocycles. The van der Waals surface area contributed by atoms with Gasteiger partial charge >= 0.3 is 0 Å². The number of aromatic nitrogens is 1. The van der Waals surface area contributed by atoms with Crippen molar-refractivity contribution >= 4 is 11.8 Å². The number of anilines is 1. The van der Waals surface area contributed by atoms with Gasteiger partial charge in [-0.3, -0.25) is 4.99 Å². The molecule has 7 heteroatoms. The van der Waals surface area contributed by atoms with Crippen LogP contribution < -0.4 is 19.7 Å². The predicted octanol–water partition coefficient (Wildman–Crippen LogP) is 2.73. The topological polar surface area (TPSA) is 62.2 Å². The summed E-state index contributed by atoms with van der Waals surface area (Å²) in [6.45, 7) is 2.50. The molecular weight excluding hydrogens is 366 g/mol. The molecule has 1 atom stereocenters. The van der Waals surface area contributed by atoms with Crippen molar-refractivity contribution < 1.29 is 9.47 Å². The molecule has 1 aromatic carbocycles. The Balaban J connectivity index is 1.64. The minimum absolute atomic E-state index is 0.410. The number of nitrogens with one attached hydrogen (secondary N) is 1. The van der Waals surface area contributed by atoms with Crippen LogP contribution in [0.2, 0.25) is 0 Å². The molecule has 3 rings (SSSR count). The summed E-state index contributed by atoms with van der Waals surface area (Å²) in [5.41, 5.74) is 2.23. The second kappa shape index (κ2) is 9.49. The first-order valence-electron chi connectivity index (χ1n) is 9.86. The van der Waals surface area contributed by atoms with Crippen molar-refractivity contribution in [1.29, 1.82) is 0 Å². The molecule has 1 aromatic heterocycles. The van der Waals surface area contributed by atoms with Crippen LogP contribution in [0, 0.1) is 0 Å². The molecule has 29 heavy (non-hydrogen) atoms. The van der Waals surface area contributed by atoms with Crippen molar-refractivity contribution in [1.82, 2.24) is 15.2 Å². The Bertz CT molecular complexity index is 831. The van der Waals surface area contributed by atoms with Crippen molar-refractivity contribution in [2.45, 2.75) is 18.9 Å². The molecular formula is C22H31N5O2. The summed E-state index contributed by atoms with van der Waals surface area (Å²) in [5.74, 6) is 3.92. The highest BCUT2D eigenvalue weighted by Crippen LogP contribution is 2.32. The van der Waals surface area contributed by atoms with Crippen LogP contribution in [0.15, 0.2) is 41.4 Å². The van der Waals surface area contributed by atoms with Crippen LogP contribution in [-0.4, -0.2) is 64.3 Å². The summed E-state index contributed by atoms with van der Waals surface area (Å²) in [5, 5.41) is 3.46. The van der Waals surface area contributed by atoms with Gasteiger partial charge in [-0.2, -0.15) is 0 Å². The van der Waals surface area contributed by atoms with Gasteiger partial charge in [0.1, 0.15) is 17.3 Å². The third-order valence-corrected chi connectivity index (χ3v) is 5.22. The highest BCUT2D eigenvalue weighted by molar-refractivity contribution is 5.80. The molecule has 1 N–H and O–H groups in total. The Morgan fingerprint density at radius 2 is 1.93 bits per heavy atom. The van der Waals surface area contributed by atoms with Gasteiger partial charge in [-0.25, -0.2) is 4.98 Å². The van der Waals surface area contributed by atoms with Gasteiger partial charge in [0, 0.05) is 46.2 Å². The molecule has 2 aromatic rings. The van der Waals surface area contributed by atoms with E-state index in [0.29, 0.717) is 12.5 Å². The van der Waals surface area contributed by atoms with Gasteiger partial charge in [0.05, 0.1) is 26.5 Å². The van der Waals surface area contributed by atoms with E-state index in [2.05, 4.69) is 32.3 Å². The summed E-state index contributed by atoms with van der Waals surface area (Å²) in [6, 6.07) is 12.2. The zero-order valence-electron chi connectivity index (χ0n) is 18.0. The maximum Gasteiger partial charge on any atom is 0.193 e. The fourth-order valence-electron chi connectivity index (χ4n) is 3.61. The number of benzene rings is 1. The summed E-state index contributed by atoms with van der Waals surface area (Å²) in [6.07, 6.45) is 1.06. The Morgan fingerprint density at radius 1 is 1.21 bits per heavy atom. The molecule has 156 valence electrons. The van der Waals surface area contributed by atoms with Gasteiger partial charge < -0.3 is 24.6 Å². The van der Waals surface area contributed by atoms with Crippen molar-refractivity contribution in [2.75, 3.05) is 53.4 Å². The predicted molar refractivity (Wildman–Crippen MR) is 117 cm³/mol. The van der Waals surface area contributed by atoms with E-state index in [-0.39, 0.29) is 0 Å². The number of aliphatic imine (C=N–C) groups is 1. The minimum Gasteiger partial charge on any atom is -0.497 e. The summed E-state index contributed by atoms with van der Waals surface area (Å²) in [4.78, 5) is 13.5. The van der Waals surface area contributed by atoms with Crippen LogP contribution >= 0.6 is 0 Å². The average Bonchev–Trinajstić information content (AvgIpc) is 3.24. The van der Waals surface area contributed by atoms with Gasteiger partial charge in [0.2, 0.25) is 0 Å². The zero-order chi connectivity index (χ0) is 20.8. The molecule has 1 fully saturated rings. The summed E-state index contributed by atoms with van der Waals surface area (Å²) in [7, 11) is 9.19. The number of guanidine groups is 1. The van der Waals surface area contributed by atoms with Crippen molar-refractivity contribution in [3.63, 3.8) is 0 Å². The maximum absolute atomic E-state index is 5.43. The standard InChI is InChI=1S/C22H31N5O2/c1-23-22(24-14-18-7-6-8-21(25-18)26(2)3)27-10-9-16(15-27)17-11-19(28-4)13-20(12-17)29-5/h6-8,11-13,16H,9-10,14-15H2,1-5H3,(H,23,24). The van der Waals surface area contributed by atoms with E-state index >= 15 is 0 Å². The van der Waals surface area contributed by atoms with Crippen molar-refractivity contribution in [3.05, 3.63) is 47.7 Å². The summed E-state index contributed by atoms with van der Waals surface area (Å²) < 4.78 is 10.9. The van der Waals surface area contributed by atoms with Crippen LogP contribution in [0.4, 0.5) is 5.82 Å². The first-order chi connectivity index (χ1) is 14.0. The molecule has 7 nitrogen and oxygen atoms in total. The number of nitrogens with zero attached hydrogens (tertiary/aromatic N) is 4. The van der Waals surface area contributed by atoms with Crippen LogP contribution in [-0.2, 0) is 6.54 Å². The van der Waals surface area contributed by atoms with E-state index in [0.717, 1.165) is 48.5 Å². The second-order valence-electron chi connectivity index (χ2n) is 7.36. The Kier molecular flexibility index (Phi) is 6.80. The number of hydrogen-bond donors (Lipinski definition) is 1. The van der Waals surface area contributed by atoms with Gasteiger partial charge in [0.25, 0.3) is 0 Å². The second-order valence-corrected chi connectivity index (χ2v) is 7.36. The Hall–Kier alpha value is -2.96. The van der Waals surface area contributed by atoms with E-state index in [1.54, 1.807) is 14.2 Å². The first kappa shape index (κ1) is 20.8. The molecule has 1 saturated heterocycles. The van der Waals surface area contributed by atoms with Crippen LogP contribution in [0.1, 0.15) is 23.6 Å². The monoisotopic (exact) mass is 397 g/mol. The highest BCUT2D eigenvalue weighted by atomic mass is 16.5. The largest absolute Gasteiger partial charge is 0.497 e. The normalized spacial score (nSPS) is 16.7. The fraction of sp³-hybridized carbons (Fsp3) is 0.455. The zero-order valence-corrected chi connectivity index (χ0v) is 18.0. The number of likely N-dealkylation sites (tertiary alicyclic amines) is 1. The molecule has 0 bridgehead atoms. The SMILES string of the molecule is CN=C(NCc1cccc(N(C)C)n1)N1CCC(c2cc(OC)cc(OC)c2)C1. The van der Waals surface area contributed by atoms with E-state index in [9.17, 15) is 0 Å². The maximum atomic E-state index is 5.43. The lowest BCUT2D eigenvalue weighted by Crippen LogP contribution is -2.39. The quantitative estimate of drug-likeness (QED) is 0.597. The number of ether oxygens (including phenoxy) is 2. The molecule has 0 amide bonds. The van der Waals surface area contributed by atoms with Crippen molar-refractivity contribution in [2.24, 2.45) is 4.99 Å². The number of rotatable bonds is 6. The summed E-state index contributed by atoms with van der Waals surface area (Å²) >= 11 is 0. The number of methoxy groups -OCH3 is 2. The minimum atomic E-state index is 0.410. The van der Waals surface area contributed by atoms with Crippen LogP contribution in [0.5, 0.6) is 11.5 Å². The molecule has 2 heterocycles. The van der Waals surface area contributed by atoms with Crippen LogP contribution in [0.25, 0.3) is 0 Å². The fourth-order valence-corrected chi connectivity index (χ4v) is 3.61. The lowest BCUT2D eigenvalue weighted by atomic mass is 9.98. The van der Waals surface area contributed by atoms with Gasteiger partial charge in [0.15, 0.2) is 5.96 Å². The average molecular weight is 398 g/mol. The van der Waals surface area contributed by atoms with Crippen molar-refractivity contribution in [3.8, 4) is 11.5 Å². The molecule has 1 unspecified atom stereocenters. The van der Waals surface area contributed by atoms with E-state index < -0.39 is 0 Å². The molecule has 1 aliphatic rings. The highest BCUT2D eigenvalue weighted by Gasteiger charge is 2.27. The third kappa shape index (κ3) is 5.10. The molecule has 0 spiro atoms. The number of hydrogen-bond acceptors (Lipinski definition) is 5.